The van der Waals surface area contributed by atoms with Gasteiger partial charge in [0.25, 0.3) is 5.91 Å². The van der Waals surface area contributed by atoms with E-state index in [4.69, 9.17) is 5.73 Å². The highest BCUT2D eigenvalue weighted by Gasteiger charge is 2.41. The first-order valence-electron chi connectivity index (χ1n) is 3.85. The van der Waals surface area contributed by atoms with Gasteiger partial charge < -0.3 is 11.1 Å². The van der Waals surface area contributed by atoms with Crippen molar-refractivity contribution in [3.8, 4) is 0 Å². The Morgan fingerprint density at radius 3 is 2.71 bits per heavy atom. The fourth-order valence-electron chi connectivity index (χ4n) is 1.06. The fourth-order valence-corrected chi connectivity index (χ4v) is 1.25. The lowest BCUT2D eigenvalue weighted by Gasteiger charge is -2.31. The highest BCUT2D eigenvalue weighted by molar-refractivity contribution is 7.80. The van der Waals surface area contributed by atoms with E-state index < -0.39 is 11.4 Å². The van der Waals surface area contributed by atoms with Crippen molar-refractivity contribution in [2.24, 2.45) is 10.7 Å². The first-order chi connectivity index (χ1) is 6.36. The zero-order chi connectivity index (χ0) is 10.9. The van der Waals surface area contributed by atoms with Gasteiger partial charge in [0.1, 0.15) is 5.84 Å². The maximum absolute atomic E-state index is 11.5. The van der Waals surface area contributed by atoms with Crippen molar-refractivity contribution in [2.75, 3.05) is 0 Å². The Morgan fingerprint density at radius 1 is 1.71 bits per heavy atom. The van der Waals surface area contributed by atoms with E-state index in [1.165, 1.54) is 13.8 Å². The molecule has 0 fully saturated rings. The number of amidine groups is 1. The zero-order valence-electron chi connectivity index (χ0n) is 7.75. The molecule has 0 aliphatic carbocycles. The Balaban J connectivity index is 3.07. The van der Waals surface area contributed by atoms with Crippen molar-refractivity contribution in [3.63, 3.8) is 0 Å². The third-order valence-electron chi connectivity index (χ3n) is 1.83. The summed E-state index contributed by atoms with van der Waals surface area (Å²) in [5.74, 6) is -0.861. The van der Waals surface area contributed by atoms with Crippen LogP contribution in [0.3, 0.4) is 0 Å². The van der Waals surface area contributed by atoms with Gasteiger partial charge in [0.05, 0.1) is 0 Å². The molecule has 1 heterocycles. The number of carbonyl (C=O) groups excluding carboxylic acids is 2. The molecule has 2 amide bonds. The van der Waals surface area contributed by atoms with Crippen LogP contribution in [0, 0.1) is 0 Å². The van der Waals surface area contributed by atoms with E-state index in [-0.39, 0.29) is 16.9 Å². The van der Waals surface area contributed by atoms with Gasteiger partial charge in [0.2, 0.25) is 11.0 Å². The van der Waals surface area contributed by atoms with Crippen LogP contribution in [0.5, 0.6) is 0 Å². The number of nitrogens with zero attached hydrogens (tertiary/aromatic N) is 1. The summed E-state index contributed by atoms with van der Waals surface area (Å²) < 4.78 is 0. The SMILES string of the molecule is CC(=O)NC1(C)C(=O)NC(=S)N=C1N. The summed E-state index contributed by atoms with van der Waals surface area (Å²) in [4.78, 5) is 26.1. The lowest BCUT2D eigenvalue weighted by molar-refractivity contribution is -0.128. The van der Waals surface area contributed by atoms with E-state index in [9.17, 15) is 9.59 Å². The summed E-state index contributed by atoms with van der Waals surface area (Å²) in [7, 11) is 0. The van der Waals surface area contributed by atoms with Gasteiger partial charge >= 0.3 is 0 Å². The Morgan fingerprint density at radius 2 is 2.29 bits per heavy atom. The molecule has 4 N–H and O–H groups in total. The Kier molecular flexibility index (Phi) is 2.52. The second-order valence-corrected chi connectivity index (χ2v) is 3.45. The van der Waals surface area contributed by atoms with Gasteiger partial charge in [-0.1, -0.05) is 0 Å². The van der Waals surface area contributed by atoms with Gasteiger partial charge in [0, 0.05) is 6.92 Å². The number of thiocarbonyl (C=S) groups is 1. The Hall–Kier alpha value is -1.50. The predicted octanol–water partition coefficient (Wildman–Crippen LogP) is -1.35. The van der Waals surface area contributed by atoms with Gasteiger partial charge in [-0.3, -0.25) is 14.9 Å². The molecule has 1 rings (SSSR count). The van der Waals surface area contributed by atoms with E-state index in [1.807, 2.05) is 0 Å². The first kappa shape index (κ1) is 10.6. The number of amides is 2. The molecule has 0 aromatic heterocycles. The monoisotopic (exact) mass is 214 g/mol. The molecule has 1 aliphatic heterocycles. The summed E-state index contributed by atoms with van der Waals surface area (Å²) in [6.45, 7) is 2.75. The van der Waals surface area contributed by atoms with Crippen LogP contribution in [0.1, 0.15) is 13.8 Å². The quantitative estimate of drug-likeness (QED) is 0.470. The van der Waals surface area contributed by atoms with Crippen LogP contribution < -0.4 is 16.4 Å². The number of nitrogens with two attached hydrogens (primary N) is 1. The fraction of sp³-hybridized carbons (Fsp3) is 0.429. The Labute approximate surface area is 85.9 Å². The summed E-state index contributed by atoms with van der Waals surface area (Å²) in [6.07, 6.45) is 0. The van der Waals surface area contributed by atoms with E-state index >= 15 is 0 Å². The van der Waals surface area contributed by atoms with E-state index in [1.54, 1.807) is 0 Å². The summed E-state index contributed by atoms with van der Waals surface area (Å²) in [6, 6.07) is 0. The average molecular weight is 214 g/mol. The molecule has 1 atom stereocenters. The molecule has 0 saturated heterocycles. The third-order valence-corrected chi connectivity index (χ3v) is 2.03. The maximum atomic E-state index is 11.5. The van der Waals surface area contributed by atoms with Gasteiger partial charge in [-0.25, -0.2) is 4.99 Å². The molecule has 14 heavy (non-hydrogen) atoms. The lowest BCUT2D eigenvalue weighted by Crippen LogP contribution is -2.67. The van der Waals surface area contributed by atoms with Gasteiger partial charge in [0.15, 0.2) is 5.54 Å². The van der Waals surface area contributed by atoms with Crippen molar-refractivity contribution >= 4 is 35.0 Å². The van der Waals surface area contributed by atoms with Crippen molar-refractivity contribution in [2.45, 2.75) is 19.4 Å². The molecular weight excluding hydrogens is 204 g/mol. The summed E-state index contributed by atoms with van der Waals surface area (Å²) >= 11 is 4.66. The van der Waals surface area contributed by atoms with Crippen molar-refractivity contribution < 1.29 is 9.59 Å². The number of aliphatic imine (C=N–C) groups is 1. The van der Waals surface area contributed by atoms with Crippen LogP contribution in [0.15, 0.2) is 4.99 Å². The smallest absolute Gasteiger partial charge is 0.259 e. The minimum Gasteiger partial charge on any atom is -0.385 e. The van der Waals surface area contributed by atoms with Gasteiger partial charge in [-0.05, 0) is 19.1 Å². The Bertz CT molecular complexity index is 352. The van der Waals surface area contributed by atoms with E-state index in [2.05, 4.69) is 27.8 Å². The van der Waals surface area contributed by atoms with Gasteiger partial charge in [-0.2, -0.15) is 0 Å². The molecule has 7 heteroatoms. The molecule has 0 spiro atoms. The zero-order valence-corrected chi connectivity index (χ0v) is 8.57. The molecule has 0 saturated carbocycles. The molecule has 0 aromatic rings. The van der Waals surface area contributed by atoms with Crippen molar-refractivity contribution in [1.82, 2.24) is 10.6 Å². The first-order valence-corrected chi connectivity index (χ1v) is 4.26. The van der Waals surface area contributed by atoms with Gasteiger partial charge in [-0.15, -0.1) is 0 Å². The largest absolute Gasteiger partial charge is 0.385 e. The number of carbonyl (C=O) groups is 2. The highest BCUT2D eigenvalue weighted by Crippen LogP contribution is 2.09. The van der Waals surface area contributed by atoms with Crippen LogP contribution >= 0.6 is 12.2 Å². The molecule has 6 nitrogen and oxygen atoms in total. The van der Waals surface area contributed by atoms with Crippen molar-refractivity contribution in [1.29, 1.82) is 0 Å². The number of nitrogens with one attached hydrogen (secondary N) is 2. The molecule has 0 radical (unpaired) electrons. The molecule has 0 bridgehead atoms. The van der Waals surface area contributed by atoms with E-state index in [0.29, 0.717) is 0 Å². The highest BCUT2D eigenvalue weighted by atomic mass is 32.1. The molecule has 0 aromatic carbocycles. The van der Waals surface area contributed by atoms with Crippen LogP contribution in [0.4, 0.5) is 0 Å². The topological polar surface area (TPSA) is 96.6 Å². The minimum atomic E-state index is -1.31. The molecule has 76 valence electrons. The van der Waals surface area contributed by atoms with Crippen LogP contribution in [0.2, 0.25) is 0 Å². The predicted molar refractivity (Wildman–Crippen MR) is 54.6 cm³/mol. The lowest BCUT2D eigenvalue weighted by atomic mass is 9.98. The van der Waals surface area contributed by atoms with Crippen LogP contribution in [0.25, 0.3) is 0 Å². The standard InChI is InChI=1S/C7H10N4O2S/c1-3(12)11-7(2)4(8)9-6(14)10-5(7)13/h1-2H3,(H,11,12)(H3,8,9,10,13,14). The summed E-state index contributed by atoms with van der Waals surface area (Å²) in [5, 5.41) is 4.74. The van der Waals surface area contributed by atoms with Crippen LogP contribution in [-0.2, 0) is 9.59 Å². The number of hydrogen-bond acceptors (Lipinski definition) is 4. The summed E-state index contributed by atoms with van der Waals surface area (Å²) in [5.41, 5.74) is 4.22. The van der Waals surface area contributed by atoms with E-state index in [0.717, 1.165) is 0 Å². The maximum Gasteiger partial charge on any atom is 0.259 e. The molecule has 1 aliphatic rings. The number of hydrogen-bond donors (Lipinski definition) is 3. The third kappa shape index (κ3) is 1.72. The minimum absolute atomic E-state index is 0.00956. The van der Waals surface area contributed by atoms with Crippen molar-refractivity contribution in [3.05, 3.63) is 0 Å². The number of rotatable bonds is 1. The second-order valence-electron chi connectivity index (χ2n) is 3.06. The average Bonchev–Trinajstić information content (AvgIpc) is 1.99. The second kappa shape index (κ2) is 3.33. The van der Waals surface area contributed by atoms with Crippen LogP contribution in [-0.4, -0.2) is 28.3 Å². The molecular formula is C7H10N4O2S. The molecule has 1 unspecified atom stereocenters. The normalized spacial score (nSPS) is 26.6.